The number of nitrogens with two attached hydrogens (primary N) is 1. The summed E-state index contributed by atoms with van der Waals surface area (Å²) in [5, 5.41) is 1.40. The van der Waals surface area contributed by atoms with E-state index in [2.05, 4.69) is 0 Å². The van der Waals surface area contributed by atoms with E-state index in [4.69, 9.17) is 21.8 Å². The Hall–Kier alpha value is -2.26. The van der Waals surface area contributed by atoms with Gasteiger partial charge in [-0.25, -0.2) is 4.79 Å². The molecule has 0 radical (unpaired) electrons. The van der Waals surface area contributed by atoms with Crippen molar-refractivity contribution < 1.29 is 4.42 Å². The number of rotatable bonds is 1. The van der Waals surface area contributed by atoms with Gasteiger partial charge in [-0.15, -0.1) is 0 Å². The summed E-state index contributed by atoms with van der Waals surface area (Å²) in [6.07, 6.45) is 0. The Morgan fingerprint density at radius 1 is 1.05 bits per heavy atom. The van der Waals surface area contributed by atoms with E-state index in [1.54, 1.807) is 36.4 Å². The Morgan fingerprint density at radius 2 is 1.89 bits per heavy atom. The highest BCUT2D eigenvalue weighted by Crippen LogP contribution is 2.24. The Labute approximate surface area is 114 Å². The lowest BCUT2D eigenvalue weighted by molar-refractivity contribution is 0.563. The third-order valence-electron chi connectivity index (χ3n) is 2.90. The third-order valence-corrected chi connectivity index (χ3v) is 3.13. The molecule has 19 heavy (non-hydrogen) atoms. The maximum Gasteiger partial charge on any atom is 0.344 e. The molecule has 1 aromatic heterocycles. The Bertz CT molecular complexity index is 824. The van der Waals surface area contributed by atoms with Gasteiger partial charge in [-0.05, 0) is 35.9 Å². The predicted octanol–water partition coefficient (Wildman–Crippen LogP) is 3.70. The molecular weight excluding hydrogens is 262 g/mol. The second-order valence-electron chi connectivity index (χ2n) is 4.26. The maximum atomic E-state index is 12.0. The summed E-state index contributed by atoms with van der Waals surface area (Å²) in [6.45, 7) is 0. The average molecular weight is 272 g/mol. The number of anilines is 1. The van der Waals surface area contributed by atoms with Gasteiger partial charge in [0.1, 0.15) is 5.58 Å². The maximum absolute atomic E-state index is 12.0. The molecule has 0 saturated carbocycles. The number of benzene rings is 2. The molecule has 0 fully saturated rings. The molecule has 0 saturated heterocycles. The van der Waals surface area contributed by atoms with Crippen LogP contribution in [0.3, 0.4) is 0 Å². The van der Waals surface area contributed by atoms with Crippen molar-refractivity contribution >= 4 is 28.3 Å². The second-order valence-corrected chi connectivity index (χ2v) is 4.69. The highest BCUT2D eigenvalue weighted by atomic mass is 35.5. The van der Waals surface area contributed by atoms with Crippen LogP contribution in [0, 0.1) is 0 Å². The molecular formula is C15H10ClNO2. The topological polar surface area (TPSA) is 56.2 Å². The fourth-order valence-corrected chi connectivity index (χ4v) is 2.18. The summed E-state index contributed by atoms with van der Waals surface area (Å²) < 4.78 is 5.29. The molecule has 1 heterocycles. The van der Waals surface area contributed by atoms with Crippen LogP contribution in [0.4, 0.5) is 5.69 Å². The van der Waals surface area contributed by atoms with Crippen LogP contribution in [0.5, 0.6) is 0 Å². The Morgan fingerprint density at radius 3 is 2.68 bits per heavy atom. The first kappa shape index (κ1) is 11.8. The normalized spacial score (nSPS) is 10.8. The fourth-order valence-electron chi connectivity index (χ4n) is 1.99. The van der Waals surface area contributed by atoms with Crippen LogP contribution < -0.4 is 11.4 Å². The van der Waals surface area contributed by atoms with Crippen molar-refractivity contribution in [1.82, 2.24) is 0 Å². The molecule has 3 aromatic rings. The van der Waals surface area contributed by atoms with Crippen LogP contribution in [-0.4, -0.2) is 0 Å². The first-order valence-electron chi connectivity index (χ1n) is 5.73. The quantitative estimate of drug-likeness (QED) is 0.542. The van der Waals surface area contributed by atoms with Gasteiger partial charge in [0.05, 0.1) is 5.56 Å². The van der Waals surface area contributed by atoms with Crippen LogP contribution in [0.25, 0.3) is 22.1 Å². The molecule has 4 heteroatoms. The van der Waals surface area contributed by atoms with Gasteiger partial charge >= 0.3 is 5.63 Å². The lowest BCUT2D eigenvalue weighted by Gasteiger charge is -2.03. The van der Waals surface area contributed by atoms with E-state index in [0.29, 0.717) is 21.9 Å². The van der Waals surface area contributed by atoms with Gasteiger partial charge in [0.25, 0.3) is 0 Å². The minimum atomic E-state index is -0.402. The van der Waals surface area contributed by atoms with Crippen molar-refractivity contribution in [1.29, 1.82) is 0 Å². The monoisotopic (exact) mass is 271 g/mol. The van der Waals surface area contributed by atoms with E-state index in [9.17, 15) is 4.79 Å². The fraction of sp³-hybridized carbons (Fsp3) is 0. The minimum Gasteiger partial charge on any atom is -0.422 e. The highest BCUT2D eigenvalue weighted by Gasteiger charge is 2.08. The summed E-state index contributed by atoms with van der Waals surface area (Å²) in [5.41, 5.74) is 7.53. The van der Waals surface area contributed by atoms with Crippen molar-refractivity contribution in [2.45, 2.75) is 0 Å². The number of hydrogen-bond acceptors (Lipinski definition) is 3. The zero-order chi connectivity index (χ0) is 13.4. The molecule has 0 aliphatic carbocycles. The van der Waals surface area contributed by atoms with Crippen molar-refractivity contribution in [2.75, 3.05) is 5.73 Å². The summed E-state index contributed by atoms with van der Waals surface area (Å²) in [7, 11) is 0. The predicted molar refractivity (Wildman–Crippen MR) is 77.3 cm³/mol. The molecule has 0 aliphatic rings. The first-order chi connectivity index (χ1) is 9.13. The molecule has 0 amide bonds. The first-order valence-corrected chi connectivity index (χ1v) is 6.10. The van der Waals surface area contributed by atoms with E-state index in [1.807, 2.05) is 12.1 Å². The smallest absolute Gasteiger partial charge is 0.344 e. The summed E-state index contributed by atoms with van der Waals surface area (Å²) in [6, 6.07) is 14.1. The number of fused-ring (bicyclic) bond motifs is 1. The molecule has 0 spiro atoms. The van der Waals surface area contributed by atoms with Gasteiger partial charge in [-0.1, -0.05) is 23.7 Å². The molecule has 0 unspecified atom stereocenters. The molecule has 2 N–H and O–H groups in total. The largest absolute Gasteiger partial charge is 0.422 e. The van der Waals surface area contributed by atoms with E-state index >= 15 is 0 Å². The van der Waals surface area contributed by atoms with E-state index in [1.165, 1.54) is 0 Å². The lowest BCUT2D eigenvalue weighted by atomic mass is 10.1. The molecule has 0 aliphatic heterocycles. The molecule has 2 aromatic carbocycles. The van der Waals surface area contributed by atoms with Crippen molar-refractivity contribution in [3.05, 3.63) is 64.0 Å². The number of nitrogen functional groups attached to an aromatic ring is 1. The highest BCUT2D eigenvalue weighted by molar-refractivity contribution is 6.30. The summed E-state index contributed by atoms with van der Waals surface area (Å²) in [5.74, 6) is 0. The van der Waals surface area contributed by atoms with E-state index < -0.39 is 5.63 Å². The van der Waals surface area contributed by atoms with Crippen LogP contribution >= 0.6 is 11.6 Å². The van der Waals surface area contributed by atoms with Gasteiger partial charge in [-0.3, -0.25) is 0 Å². The second kappa shape index (κ2) is 4.44. The van der Waals surface area contributed by atoms with E-state index in [0.717, 1.165) is 10.9 Å². The van der Waals surface area contributed by atoms with Crippen molar-refractivity contribution in [3.63, 3.8) is 0 Å². The standard InChI is InChI=1S/C15H10ClNO2/c16-11-3-1-2-9(6-11)13-7-10-4-5-12(17)8-14(10)19-15(13)18/h1-8H,17H2. The van der Waals surface area contributed by atoms with Crippen LogP contribution in [0.1, 0.15) is 0 Å². The van der Waals surface area contributed by atoms with E-state index in [-0.39, 0.29) is 0 Å². The Kier molecular flexibility index (Phi) is 2.76. The van der Waals surface area contributed by atoms with Crippen LogP contribution in [0.15, 0.2) is 57.7 Å². The molecule has 3 rings (SSSR count). The van der Waals surface area contributed by atoms with Gasteiger partial charge < -0.3 is 10.2 Å². The van der Waals surface area contributed by atoms with Gasteiger partial charge in [0.15, 0.2) is 0 Å². The van der Waals surface area contributed by atoms with Crippen molar-refractivity contribution in [3.8, 4) is 11.1 Å². The number of halogens is 1. The van der Waals surface area contributed by atoms with Gasteiger partial charge in [0.2, 0.25) is 0 Å². The molecule has 94 valence electrons. The zero-order valence-electron chi connectivity index (χ0n) is 9.89. The van der Waals surface area contributed by atoms with Gasteiger partial charge in [-0.2, -0.15) is 0 Å². The third kappa shape index (κ3) is 2.20. The zero-order valence-corrected chi connectivity index (χ0v) is 10.6. The molecule has 0 atom stereocenters. The number of hydrogen-bond donors (Lipinski definition) is 1. The van der Waals surface area contributed by atoms with Crippen molar-refractivity contribution in [2.24, 2.45) is 0 Å². The van der Waals surface area contributed by atoms with Crippen LogP contribution in [-0.2, 0) is 0 Å². The summed E-state index contributed by atoms with van der Waals surface area (Å²) >= 11 is 5.94. The molecule has 0 bridgehead atoms. The summed E-state index contributed by atoms with van der Waals surface area (Å²) in [4.78, 5) is 12.0. The van der Waals surface area contributed by atoms with Crippen LogP contribution in [0.2, 0.25) is 5.02 Å². The van der Waals surface area contributed by atoms with Gasteiger partial charge in [0, 0.05) is 22.2 Å². The average Bonchev–Trinajstić information content (AvgIpc) is 2.37. The Balaban J connectivity index is 2.28. The SMILES string of the molecule is Nc1ccc2cc(-c3cccc(Cl)c3)c(=O)oc2c1. The lowest BCUT2D eigenvalue weighted by Crippen LogP contribution is -2.02. The molecule has 3 nitrogen and oxygen atoms in total. The minimum absolute atomic E-state index is 0.402.